The molecule has 0 spiro atoms. The van der Waals surface area contributed by atoms with Gasteiger partial charge in [0.2, 0.25) is 5.91 Å². The van der Waals surface area contributed by atoms with E-state index >= 15 is 0 Å². The van der Waals surface area contributed by atoms with E-state index in [-0.39, 0.29) is 12.5 Å². The third-order valence-electron chi connectivity index (χ3n) is 4.38. The topological polar surface area (TPSA) is 63.9 Å². The lowest BCUT2D eigenvalue weighted by atomic mass is 10.00. The third kappa shape index (κ3) is 3.66. The zero-order chi connectivity index (χ0) is 20.3. The van der Waals surface area contributed by atoms with Gasteiger partial charge < -0.3 is 4.90 Å². The number of rotatable bonds is 6. The lowest BCUT2D eigenvalue weighted by molar-refractivity contribution is -0.126. The SMILES string of the molecule is C=C/C=C(\C=C)c1nc2c(c(-c3ccn(C(F)F)n3)n1)CCN(C(=O)C=C)C2. The Morgan fingerprint density at radius 3 is 2.61 bits per heavy atom. The predicted molar refractivity (Wildman–Crippen MR) is 102 cm³/mol. The Morgan fingerprint density at radius 2 is 2.00 bits per heavy atom. The standard InChI is InChI=1S/C20H19F2N5O/c1-4-7-13(5-2)19-23-16-12-26(17(28)6-3)10-8-14(16)18(24-19)15-9-11-27(25-15)20(21)22/h4-7,9,11,20H,1-3,8,10,12H2/b13-7+. The summed E-state index contributed by atoms with van der Waals surface area (Å²) >= 11 is 0. The summed E-state index contributed by atoms with van der Waals surface area (Å²) < 4.78 is 26.5. The first-order chi connectivity index (χ1) is 13.5. The van der Waals surface area contributed by atoms with Crippen LogP contribution in [-0.2, 0) is 17.8 Å². The second kappa shape index (κ2) is 8.08. The van der Waals surface area contributed by atoms with E-state index in [1.54, 1.807) is 23.1 Å². The van der Waals surface area contributed by atoms with Gasteiger partial charge in [-0.2, -0.15) is 13.9 Å². The molecule has 0 bridgehead atoms. The number of allylic oxidation sites excluding steroid dienone is 4. The summed E-state index contributed by atoms with van der Waals surface area (Å²) in [6.45, 7) is 8.94. The molecular weight excluding hydrogens is 364 g/mol. The minimum Gasteiger partial charge on any atom is -0.333 e. The van der Waals surface area contributed by atoms with Crippen molar-refractivity contribution in [3.63, 3.8) is 0 Å². The minimum atomic E-state index is -2.74. The van der Waals surface area contributed by atoms with Gasteiger partial charge in [0.1, 0.15) is 5.69 Å². The number of aromatic nitrogens is 4. The predicted octanol–water partition coefficient (Wildman–Crippen LogP) is 3.56. The van der Waals surface area contributed by atoms with Crippen LogP contribution in [0.1, 0.15) is 23.6 Å². The highest BCUT2D eigenvalue weighted by molar-refractivity contribution is 5.87. The van der Waals surface area contributed by atoms with Gasteiger partial charge in [-0.05, 0) is 18.6 Å². The first-order valence-electron chi connectivity index (χ1n) is 8.58. The maximum atomic E-state index is 13.0. The van der Waals surface area contributed by atoms with Gasteiger partial charge in [-0.25, -0.2) is 14.6 Å². The Hall–Kier alpha value is -3.42. The first kappa shape index (κ1) is 19.3. The fourth-order valence-corrected chi connectivity index (χ4v) is 3.02. The lowest BCUT2D eigenvalue weighted by Gasteiger charge is -2.28. The molecule has 1 aliphatic rings. The normalized spacial score (nSPS) is 14.0. The lowest BCUT2D eigenvalue weighted by Crippen LogP contribution is -2.36. The van der Waals surface area contributed by atoms with Crippen LogP contribution in [0.5, 0.6) is 0 Å². The summed E-state index contributed by atoms with van der Waals surface area (Å²) in [5, 5.41) is 3.94. The van der Waals surface area contributed by atoms with E-state index in [1.165, 1.54) is 18.3 Å². The average Bonchev–Trinajstić information content (AvgIpc) is 3.20. The number of carbonyl (C=O) groups excluding carboxylic acids is 1. The van der Waals surface area contributed by atoms with Crippen LogP contribution in [0.25, 0.3) is 17.0 Å². The van der Waals surface area contributed by atoms with E-state index < -0.39 is 6.55 Å². The highest BCUT2D eigenvalue weighted by Gasteiger charge is 2.26. The molecule has 0 fully saturated rings. The van der Waals surface area contributed by atoms with Crippen LogP contribution in [0.2, 0.25) is 0 Å². The molecule has 1 amide bonds. The van der Waals surface area contributed by atoms with Crippen molar-refractivity contribution in [1.82, 2.24) is 24.6 Å². The number of halogens is 2. The number of hydrogen-bond donors (Lipinski definition) is 0. The van der Waals surface area contributed by atoms with Gasteiger partial charge >= 0.3 is 6.55 Å². The molecule has 0 N–H and O–H groups in total. The summed E-state index contributed by atoms with van der Waals surface area (Å²) in [4.78, 5) is 22.8. The fraction of sp³-hybridized carbons (Fsp3) is 0.200. The fourth-order valence-electron chi connectivity index (χ4n) is 3.02. The van der Waals surface area contributed by atoms with Crippen molar-refractivity contribution in [1.29, 1.82) is 0 Å². The first-order valence-corrected chi connectivity index (χ1v) is 8.58. The smallest absolute Gasteiger partial charge is 0.333 e. The van der Waals surface area contributed by atoms with Gasteiger partial charge in [0, 0.05) is 23.9 Å². The molecule has 2 aromatic heterocycles. The van der Waals surface area contributed by atoms with Crippen LogP contribution < -0.4 is 0 Å². The Labute approximate surface area is 161 Å². The van der Waals surface area contributed by atoms with E-state index in [9.17, 15) is 13.6 Å². The van der Waals surface area contributed by atoms with Crippen molar-refractivity contribution in [2.24, 2.45) is 0 Å². The Balaban J connectivity index is 2.16. The molecule has 0 atom stereocenters. The number of nitrogens with zero attached hydrogens (tertiary/aromatic N) is 5. The van der Waals surface area contributed by atoms with Gasteiger partial charge in [-0.15, -0.1) is 0 Å². The summed E-state index contributed by atoms with van der Waals surface area (Å²) in [5.74, 6) is 0.170. The third-order valence-corrected chi connectivity index (χ3v) is 4.38. The molecule has 0 aliphatic carbocycles. The molecule has 8 heteroatoms. The zero-order valence-corrected chi connectivity index (χ0v) is 15.2. The highest BCUT2D eigenvalue weighted by atomic mass is 19.3. The molecule has 0 saturated heterocycles. The molecule has 144 valence electrons. The number of alkyl halides is 2. The van der Waals surface area contributed by atoms with Crippen LogP contribution in [0, 0.1) is 0 Å². The van der Waals surface area contributed by atoms with E-state index in [0.29, 0.717) is 46.1 Å². The van der Waals surface area contributed by atoms with Crippen molar-refractivity contribution in [2.75, 3.05) is 6.54 Å². The molecule has 0 radical (unpaired) electrons. The van der Waals surface area contributed by atoms with Gasteiger partial charge in [0.25, 0.3) is 0 Å². The van der Waals surface area contributed by atoms with Gasteiger partial charge in [-0.1, -0.05) is 38.0 Å². The summed E-state index contributed by atoms with van der Waals surface area (Å²) in [6, 6.07) is 1.49. The highest BCUT2D eigenvalue weighted by Crippen LogP contribution is 2.29. The number of hydrogen-bond acceptors (Lipinski definition) is 4. The number of fused-ring (bicyclic) bond motifs is 1. The molecule has 6 nitrogen and oxygen atoms in total. The van der Waals surface area contributed by atoms with Crippen molar-refractivity contribution in [2.45, 2.75) is 19.5 Å². The second-order valence-corrected chi connectivity index (χ2v) is 6.06. The van der Waals surface area contributed by atoms with Crippen LogP contribution in [0.3, 0.4) is 0 Å². The number of carbonyl (C=O) groups is 1. The van der Waals surface area contributed by atoms with Crippen molar-refractivity contribution >= 4 is 11.5 Å². The second-order valence-electron chi connectivity index (χ2n) is 6.06. The molecule has 0 unspecified atom stereocenters. The van der Waals surface area contributed by atoms with Crippen LogP contribution in [0.4, 0.5) is 8.78 Å². The minimum absolute atomic E-state index is 0.195. The van der Waals surface area contributed by atoms with Crippen molar-refractivity contribution in [3.8, 4) is 11.4 Å². The monoisotopic (exact) mass is 383 g/mol. The number of amides is 1. The van der Waals surface area contributed by atoms with Crippen LogP contribution in [0.15, 0.2) is 56.3 Å². The Kier molecular flexibility index (Phi) is 5.58. The van der Waals surface area contributed by atoms with Gasteiger partial charge in [0.15, 0.2) is 5.82 Å². The average molecular weight is 383 g/mol. The maximum Gasteiger partial charge on any atom is 0.333 e. The Morgan fingerprint density at radius 1 is 1.21 bits per heavy atom. The molecule has 1 aliphatic heterocycles. The summed E-state index contributed by atoms with van der Waals surface area (Å²) in [7, 11) is 0. The molecule has 0 saturated carbocycles. The summed E-state index contributed by atoms with van der Waals surface area (Å²) in [5.41, 5.74) is 2.86. The molecule has 28 heavy (non-hydrogen) atoms. The molecular formula is C20H19F2N5O. The summed E-state index contributed by atoms with van der Waals surface area (Å²) in [6.07, 6.45) is 7.81. The molecule has 0 aromatic carbocycles. The zero-order valence-electron chi connectivity index (χ0n) is 15.2. The van der Waals surface area contributed by atoms with E-state index in [0.717, 1.165) is 5.56 Å². The molecule has 3 heterocycles. The van der Waals surface area contributed by atoms with Gasteiger partial charge in [0.05, 0.1) is 17.9 Å². The van der Waals surface area contributed by atoms with E-state index in [2.05, 4.69) is 34.8 Å². The van der Waals surface area contributed by atoms with Crippen LogP contribution in [-0.4, -0.2) is 37.1 Å². The van der Waals surface area contributed by atoms with Crippen LogP contribution >= 0.6 is 0 Å². The van der Waals surface area contributed by atoms with Crippen molar-refractivity contribution < 1.29 is 13.6 Å². The van der Waals surface area contributed by atoms with Crippen molar-refractivity contribution in [3.05, 3.63) is 73.4 Å². The largest absolute Gasteiger partial charge is 0.333 e. The molecule has 3 rings (SSSR count). The van der Waals surface area contributed by atoms with E-state index in [4.69, 9.17) is 0 Å². The van der Waals surface area contributed by atoms with Gasteiger partial charge in [-0.3, -0.25) is 4.79 Å². The quantitative estimate of drug-likeness (QED) is 0.565. The van der Waals surface area contributed by atoms with E-state index in [1.807, 2.05) is 0 Å². The maximum absolute atomic E-state index is 13.0. The Bertz CT molecular complexity index is 977. The molecule has 2 aromatic rings.